The van der Waals surface area contributed by atoms with Crippen LogP contribution < -0.4 is 0 Å². The minimum atomic E-state index is -3.51. The standard InChI is InChI=1S/C19H22N4O3S2/c1-15-4-2-5-16(20-15)14-22-9-3-10-23(12-11-22)28(24,25)19-7-6-18(27-19)17-8-13-26-21-17/h2,4-8,13H,3,9-12,14H2,1H3. The second-order valence-corrected chi connectivity index (χ2v) is 10.1. The van der Waals surface area contributed by atoms with Crippen LogP contribution in [0.15, 0.2) is 51.4 Å². The van der Waals surface area contributed by atoms with Gasteiger partial charge < -0.3 is 4.52 Å². The lowest BCUT2D eigenvalue weighted by atomic mass is 10.3. The zero-order valence-electron chi connectivity index (χ0n) is 15.6. The summed E-state index contributed by atoms with van der Waals surface area (Å²) >= 11 is 1.23. The Morgan fingerprint density at radius 2 is 2.00 bits per heavy atom. The molecular formula is C19H22N4O3S2. The predicted octanol–water partition coefficient (Wildman–Crippen LogP) is 3.00. The zero-order valence-corrected chi connectivity index (χ0v) is 17.2. The van der Waals surface area contributed by atoms with E-state index in [1.165, 1.54) is 17.6 Å². The van der Waals surface area contributed by atoms with Crippen molar-refractivity contribution in [2.24, 2.45) is 0 Å². The summed E-state index contributed by atoms with van der Waals surface area (Å²) in [5.41, 5.74) is 2.67. The van der Waals surface area contributed by atoms with E-state index in [1.807, 2.05) is 25.1 Å². The molecule has 0 aliphatic carbocycles. The van der Waals surface area contributed by atoms with Crippen molar-refractivity contribution in [3.05, 3.63) is 54.0 Å². The first-order valence-electron chi connectivity index (χ1n) is 9.18. The largest absolute Gasteiger partial charge is 0.364 e. The third-order valence-electron chi connectivity index (χ3n) is 4.74. The minimum Gasteiger partial charge on any atom is -0.364 e. The van der Waals surface area contributed by atoms with Gasteiger partial charge in [-0.05, 0) is 44.2 Å². The van der Waals surface area contributed by atoms with E-state index in [0.717, 1.165) is 35.8 Å². The molecule has 4 heterocycles. The van der Waals surface area contributed by atoms with Crippen molar-refractivity contribution in [3.8, 4) is 10.6 Å². The summed E-state index contributed by atoms with van der Waals surface area (Å²) in [6, 6.07) is 11.2. The van der Waals surface area contributed by atoms with E-state index in [1.54, 1.807) is 22.5 Å². The molecule has 1 saturated heterocycles. The quantitative estimate of drug-likeness (QED) is 0.634. The minimum absolute atomic E-state index is 0.347. The third kappa shape index (κ3) is 4.17. The monoisotopic (exact) mass is 418 g/mol. The molecule has 7 nitrogen and oxygen atoms in total. The van der Waals surface area contributed by atoms with Crippen LogP contribution >= 0.6 is 11.3 Å². The highest BCUT2D eigenvalue weighted by atomic mass is 32.2. The fourth-order valence-corrected chi connectivity index (χ4v) is 6.22. The van der Waals surface area contributed by atoms with Crippen LogP contribution in [0.4, 0.5) is 0 Å². The van der Waals surface area contributed by atoms with Crippen LogP contribution in [0, 0.1) is 6.92 Å². The van der Waals surface area contributed by atoms with Crippen molar-refractivity contribution in [1.29, 1.82) is 0 Å². The Kier molecular flexibility index (Phi) is 5.58. The number of hydrogen-bond acceptors (Lipinski definition) is 7. The zero-order chi connectivity index (χ0) is 19.6. The van der Waals surface area contributed by atoms with Gasteiger partial charge in [0.15, 0.2) is 0 Å². The molecule has 0 spiro atoms. The predicted molar refractivity (Wildman–Crippen MR) is 107 cm³/mol. The third-order valence-corrected chi connectivity index (χ3v) is 8.22. The summed E-state index contributed by atoms with van der Waals surface area (Å²) in [6.07, 6.45) is 2.28. The summed E-state index contributed by atoms with van der Waals surface area (Å²) in [6.45, 7) is 5.27. The molecule has 0 radical (unpaired) electrons. The van der Waals surface area contributed by atoms with Gasteiger partial charge in [0.1, 0.15) is 16.2 Å². The summed E-state index contributed by atoms with van der Waals surface area (Å²) in [5, 5.41) is 3.88. The molecule has 3 aromatic heterocycles. The Balaban J connectivity index is 1.44. The average Bonchev–Trinajstić information content (AvgIpc) is 3.31. The maximum absolute atomic E-state index is 13.1. The number of hydrogen-bond donors (Lipinski definition) is 0. The smallest absolute Gasteiger partial charge is 0.252 e. The molecule has 0 bridgehead atoms. The van der Waals surface area contributed by atoms with Crippen molar-refractivity contribution in [2.75, 3.05) is 26.2 Å². The van der Waals surface area contributed by atoms with Crippen molar-refractivity contribution in [1.82, 2.24) is 19.3 Å². The van der Waals surface area contributed by atoms with Gasteiger partial charge in [0.05, 0.1) is 10.6 Å². The van der Waals surface area contributed by atoms with Crippen LogP contribution in [0.1, 0.15) is 17.8 Å². The molecule has 0 amide bonds. The van der Waals surface area contributed by atoms with E-state index < -0.39 is 10.0 Å². The van der Waals surface area contributed by atoms with Gasteiger partial charge in [-0.25, -0.2) is 8.42 Å². The second kappa shape index (κ2) is 8.12. The topological polar surface area (TPSA) is 79.5 Å². The highest BCUT2D eigenvalue weighted by molar-refractivity contribution is 7.91. The molecule has 1 aliphatic heterocycles. The van der Waals surface area contributed by atoms with E-state index in [-0.39, 0.29) is 0 Å². The summed E-state index contributed by atoms with van der Waals surface area (Å²) in [5.74, 6) is 0. The first-order valence-corrected chi connectivity index (χ1v) is 11.4. The number of nitrogens with zero attached hydrogens (tertiary/aromatic N) is 4. The van der Waals surface area contributed by atoms with Gasteiger partial charge >= 0.3 is 0 Å². The summed E-state index contributed by atoms with van der Waals surface area (Å²) in [7, 11) is -3.51. The molecule has 1 aliphatic rings. The maximum atomic E-state index is 13.1. The highest BCUT2D eigenvalue weighted by Crippen LogP contribution is 2.31. The molecule has 0 aromatic carbocycles. The number of rotatable bonds is 5. The first kappa shape index (κ1) is 19.3. The number of pyridine rings is 1. The number of sulfonamides is 1. The maximum Gasteiger partial charge on any atom is 0.252 e. The second-order valence-electron chi connectivity index (χ2n) is 6.81. The van der Waals surface area contributed by atoms with Crippen molar-refractivity contribution < 1.29 is 12.9 Å². The lowest BCUT2D eigenvalue weighted by Gasteiger charge is -2.21. The summed E-state index contributed by atoms with van der Waals surface area (Å²) in [4.78, 5) is 7.61. The first-order chi connectivity index (χ1) is 13.5. The van der Waals surface area contributed by atoms with E-state index in [2.05, 4.69) is 15.0 Å². The Bertz CT molecular complexity index is 1030. The van der Waals surface area contributed by atoms with Crippen LogP contribution in [0.5, 0.6) is 0 Å². The van der Waals surface area contributed by atoms with Crippen LogP contribution in [0.2, 0.25) is 0 Å². The van der Waals surface area contributed by atoms with Gasteiger partial charge in [-0.15, -0.1) is 11.3 Å². The van der Waals surface area contributed by atoms with Crippen molar-refractivity contribution in [3.63, 3.8) is 0 Å². The molecular weight excluding hydrogens is 396 g/mol. The molecule has 3 aromatic rings. The van der Waals surface area contributed by atoms with Gasteiger partial charge in [-0.3, -0.25) is 9.88 Å². The Hall–Kier alpha value is -2.07. The van der Waals surface area contributed by atoms with Crippen molar-refractivity contribution >= 4 is 21.4 Å². The molecule has 0 N–H and O–H groups in total. The number of aromatic nitrogens is 2. The van der Waals surface area contributed by atoms with E-state index in [9.17, 15) is 8.42 Å². The number of aryl methyl sites for hydroxylation is 1. The van der Waals surface area contributed by atoms with E-state index in [0.29, 0.717) is 29.5 Å². The van der Waals surface area contributed by atoms with Gasteiger partial charge in [0, 0.05) is 37.9 Å². The van der Waals surface area contributed by atoms with Crippen LogP contribution in [-0.4, -0.2) is 53.9 Å². The molecule has 1 fully saturated rings. The molecule has 9 heteroatoms. The molecule has 0 saturated carbocycles. The van der Waals surface area contributed by atoms with Gasteiger partial charge in [-0.1, -0.05) is 11.2 Å². The molecule has 0 atom stereocenters. The number of thiophene rings is 1. The Morgan fingerprint density at radius 3 is 2.79 bits per heavy atom. The lowest BCUT2D eigenvalue weighted by Crippen LogP contribution is -2.34. The average molecular weight is 419 g/mol. The van der Waals surface area contributed by atoms with Gasteiger partial charge in [0.25, 0.3) is 10.0 Å². The lowest BCUT2D eigenvalue weighted by molar-refractivity contribution is 0.275. The van der Waals surface area contributed by atoms with Gasteiger partial charge in [-0.2, -0.15) is 4.31 Å². The fraction of sp³-hybridized carbons (Fsp3) is 0.368. The molecule has 148 valence electrons. The highest BCUT2D eigenvalue weighted by Gasteiger charge is 2.28. The fourth-order valence-electron chi connectivity index (χ4n) is 3.33. The molecule has 28 heavy (non-hydrogen) atoms. The van der Waals surface area contributed by atoms with Crippen LogP contribution in [0.25, 0.3) is 10.6 Å². The van der Waals surface area contributed by atoms with Crippen LogP contribution in [0.3, 0.4) is 0 Å². The van der Waals surface area contributed by atoms with Gasteiger partial charge in [0.2, 0.25) is 0 Å². The van der Waals surface area contributed by atoms with E-state index in [4.69, 9.17) is 4.52 Å². The van der Waals surface area contributed by atoms with Crippen LogP contribution in [-0.2, 0) is 16.6 Å². The SMILES string of the molecule is Cc1cccc(CN2CCCN(S(=O)(=O)c3ccc(-c4ccon4)s3)CC2)n1. The normalized spacial score (nSPS) is 16.9. The summed E-state index contributed by atoms with van der Waals surface area (Å²) < 4.78 is 33.0. The molecule has 0 unspecified atom stereocenters. The van der Waals surface area contributed by atoms with Crippen molar-refractivity contribution in [2.45, 2.75) is 24.1 Å². The Morgan fingerprint density at radius 1 is 1.11 bits per heavy atom. The Labute approximate surface area is 168 Å². The molecule has 4 rings (SSSR count). The van der Waals surface area contributed by atoms with E-state index >= 15 is 0 Å².